The van der Waals surface area contributed by atoms with Crippen molar-refractivity contribution in [2.75, 3.05) is 19.8 Å². The molecular formula is C13H16BrClO2. The van der Waals surface area contributed by atoms with Gasteiger partial charge in [-0.25, -0.2) is 0 Å². The minimum Gasteiger partial charge on any atom is -0.493 e. The molecule has 0 unspecified atom stereocenters. The van der Waals surface area contributed by atoms with Gasteiger partial charge >= 0.3 is 0 Å². The molecule has 0 amide bonds. The highest BCUT2D eigenvalue weighted by Gasteiger charge is 2.15. The van der Waals surface area contributed by atoms with Crippen molar-refractivity contribution < 1.29 is 9.47 Å². The minimum atomic E-state index is 0.603. The van der Waals surface area contributed by atoms with Gasteiger partial charge in [-0.05, 0) is 30.9 Å². The Labute approximate surface area is 115 Å². The van der Waals surface area contributed by atoms with Gasteiger partial charge in [0.05, 0.1) is 6.61 Å². The summed E-state index contributed by atoms with van der Waals surface area (Å²) in [6.45, 7) is 2.47. The Balaban J connectivity index is 1.95. The fraction of sp³-hybridized carbons (Fsp3) is 0.538. The van der Waals surface area contributed by atoms with Gasteiger partial charge in [0.15, 0.2) is 0 Å². The number of hydrogen-bond acceptors (Lipinski definition) is 2. The van der Waals surface area contributed by atoms with Crippen LogP contribution in [-0.2, 0) is 10.1 Å². The molecule has 0 aliphatic carbocycles. The van der Waals surface area contributed by atoms with E-state index in [1.165, 1.54) is 0 Å². The summed E-state index contributed by atoms with van der Waals surface area (Å²) in [5.74, 6) is 1.49. The van der Waals surface area contributed by atoms with Crippen LogP contribution in [-0.4, -0.2) is 19.8 Å². The summed E-state index contributed by atoms with van der Waals surface area (Å²) in [7, 11) is 0. The zero-order chi connectivity index (χ0) is 12.1. The quantitative estimate of drug-likeness (QED) is 0.780. The molecule has 2 rings (SSSR count). The lowest BCUT2D eigenvalue weighted by molar-refractivity contribution is 0.0496. The molecular weight excluding hydrogens is 303 g/mol. The van der Waals surface area contributed by atoms with Crippen LogP contribution in [0.2, 0.25) is 5.02 Å². The number of ether oxygens (including phenoxy) is 2. The van der Waals surface area contributed by atoms with Crippen LogP contribution < -0.4 is 4.74 Å². The summed E-state index contributed by atoms with van der Waals surface area (Å²) in [6, 6.07) is 5.79. The third-order valence-electron chi connectivity index (χ3n) is 3.02. The van der Waals surface area contributed by atoms with E-state index in [1.54, 1.807) is 0 Å². The van der Waals surface area contributed by atoms with Gasteiger partial charge in [-0.1, -0.05) is 33.6 Å². The number of benzene rings is 1. The predicted molar refractivity (Wildman–Crippen MR) is 73.1 cm³/mol. The van der Waals surface area contributed by atoms with Gasteiger partial charge in [0.1, 0.15) is 5.75 Å². The largest absolute Gasteiger partial charge is 0.493 e. The van der Waals surface area contributed by atoms with Gasteiger partial charge in [0.2, 0.25) is 0 Å². The lowest BCUT2D eigenvalue weighted by Crippen LogP contribution is -2.21. The molecule has 2 nitrogen and oxygen atoms in total. The third kappa shape index (κ3) is 3.60. The summed E-state index contributed by atoms with van der Waals surface area (Å²) in [4.78, 5) is 0. The van der Waals surface area contributed by atoms with E-state index in [9.17, 15) is 0 Å². The van der Waals surface area contributed by atoms with Gasteiger partial charge in [0.25, 0.3) is 0 Å². The summed E-state index contributed by atoms with van der Waals surface area (Å²) in [5.41, 5.74) is 1.03. The molecule has 1 aromatic carbocycles. The van der Waals surface area contributed by atoms with Gasteiger partial charge in [0, 0.05) is 29.1 Å². The van der Waals surface area contributed by atoms with Crippen molar-refractivity contribution in [2.24, 2.45) is 5.92 Å². The van der Waals surface area contributed by atoms with Gasteiger partial charge < -0.3 is 9.47 Å². The van der Waals surface area contributed by atoms with Gasteiger partial charge in [-0.3, -0.25) is 0 Å². The topological polar surface area (TPSA) is 18.5 Å². The average Bonchev–Trinajstić information content (AvgIpc) is 2.37. The molecule has 1 heterocycles. The fourth-order valence-corrected chi connectivity index (χ4v) is 2.90. The molecule has 0 radical (unpaired) electrons. The van der Waals surface area contributed by atoms with Crippen molar-refractivity contribution in [1.82, 2.24) is 0 Å². The molecule has 17 heavy (non-hydrogen) atoms. The van der Waals surface area contributed by atoms with Gasteiger partial charge in [-0.2, -0.15) is 0 Å². The van der Waals surface area contributed by atoms with E-state index in [4.69, 9.17) is 21.1 Å². The van der Waals surface area contributed by atoms with E-state index in [0.29, 0.717) is 5.92 Å². The fourth-order valence-electron chi connectivity index (χ4n) is 1.92. The first kappa shape index (κ1) is 13.2. The molecule has 0 aromatic heterocycles. The highest BCUT2D eigenvalue weighted by atomic mass is 79.9. The zero-order valence-electron chi connectivity index (χ0n) is 9.62. The van der Waals surface area contributed by atoms with Crippen molar-refractivity contribution >= 4 is 27.5 Å². The zero-order valence-corrected chi connectivity index (χ0v) is 12.0. The van der Waals surface area contributed by atoms with Crippen molar-refractivity contribution in [3.8, 4) is 5.75 Å². The molecule has 1 fully saturated rings. The summed E-state index contributed by atoms with van der Waals surface area (Å²) >= 11 is 9.56. The Morgan fingerprint density at radius 3 is 2.82 bits per heavy atom. The second-order valence-corrected chi connectivity index (χ2v) is 5.18. The molecule has 0 saturated carbocycles. The average molecular weight is 320 g/mol. The minimum absolute atomic E-state index is 0.603. The Hall–Kier alpha value is -0.250. The highest BCUT2D eigenvalue weighted by Crippen LogP contribution is 2.29. The molecule has 4 heteroatoms. The van der Waals surface area contributed by atoms with Crippen molar-refractivity contribution in [1.29, 1.82) is 0 Å². The van der Waals surface area contributed by atoms with Crippen LogP contribution in [0.5, 0.6) is 5.75 Å². The van der Waals surface area contributed by atoms with Crippen LogP contribution in [0.4, 0.5) is 0 Å². The van der Waals surface area contributed by atoms with E-state index in [0.717, 1.165) is 54.3 Å². The molecule has 1 aliphatic rings. The van der Waals surface area contributed by atoms with Crippen LogP contribution in [0.3, 0.4) is 0 Å². The first-order chi connectivity index (χ1) is 8.31. The molecule has 0 bridgehead atoms. The number of rotatable bonds is 4. The Morgan fingerprint density at radius 1 is 1.35 bits per heavy atom. The van der Waals surface area contributed by atoms with Crippen LogP contribution in [0, 0.1) is 5.92 Å². The third-order valence-corrected chi connectivity index (χ3v) is 3.94. The maximum atomic E-state index is 6.12. The Morgan fingerprint density at radius 2 is 2.12 bits per heavy atom. The Bertz CT molecular complexity index is 364. The van der Waals surface area contributed by atoms with E-state index < -0.39 is 0 Å². The Kier molecular flexibility index (Phi) is 5.14. The standard InChI is InChI=1S/C13H16BrClO2/c14-8-11-12(15)2-1-3-13(11)17-9-10-4-6-16-7-5-10/h1-3,10H,4-9H2. The maximum absolute atomic E-state index is 6.12. The lowest BCUT2D eigenvalue weighted by Gasteiger charge is -2.22. The molecule has 1 aromatic rings. The van der Waals surface area contributed by atoms with E-state index in [-0.39, 0.29) is 0 Å². The summed E-state index contributed by atoms with van der Waals surface area (Å²) < 4.78 is 11.2. The summed E-state index contributed by atoms with van der Waals surface area (Å²) in [6.07, 6.45) is 2.18. The second kappa shape index (κ2) is 6.62. The number of halogens is 2. The SMILES string of the molecule is Clc1cccc(OCC2CCOCC2)c1CBr. The molecule has 0 N–H and O–H groups in total. The molecule has 1 saturated heterocycles. The van der Waals surface area contributed by atoms with Gasteiger partial charge in [-0.15, -0.1) is 0 Å². The second-order valence-electron chi connectivity index (χ2n) is 4.22. The van der Waals surface area contributed by atoms with Crippen LogP contribution in [0.15, 0.2) is 18.2 Å². The molecule has 1 aliphatic heterocycles. The molecule has 0 atom stereocenters. The van der Waals surface area contributed by atoms with Crippen molar-refractivity contribution in [3.05, 3.63) is 28.8 Å². The van der Waals surface area contributed by atoms with E-state index in [1.807, 2.05) is 18.2 Å². The van der Waals surface area contributed by atoms with Crippen molar-refractivity contribution in [2.45, 2.75) is 18.2 Å². The number of alkyl halides is 1. The predicted octanol–water partition coefficient (Wildman–Crippen LogP) is 4.04. The normalized spacial score (nSPS) is 17.1. The monoisotopic (exact) mass is 318 g/mol. The highest BCUT2D eigenvalue weighted by molar-refractivity contribution is 9.08. The van der Waals surface area contributed by atoms with Crippen LogP contribution in [0.1, 0.15) is 18.4 Å². The van der Waals surface area contributed by atoms with Crippen LogP contribution in [0.25, 0.3) is 0 Å². The molecule has 94 valence electrons. The van der Waals surface area contributed by atoms with E-state index >= 15 is 0 Å². The smallest absolute Gasteiger partial charge is 0.124 e. The summed E-state index contributed by atoms with van der Waals surface area (Å²) in [5, 5.41) is 1.47. The first-order valence-electron chi connectivity index (χ1n) is 5.85. The van der Waals surface area contributed by atoms with Crippen LogP contribution >= 0.6 is 27.5 Å². The number of hydrogen-bond donors (Lipinski definition) is 0. The lowest BCUT2D eigenvalue weighted by atomic mass is 10.0. The van der Waals surface area contributed by atoms with Crippen molar-refractivity contribution in [3.63, 3.8) is 0 Å². The first-order valence-corrected chi connectivity index (χ1v) is 7.35. The molecule has 0 spiro atoms. The van der Waals surface area contributed by atoms with E-state index in [2.05, 4.69) is 15.9 Å². The maximum Gasteiger partial charge on any atom is 0.124 e.